The van der Waals surface area contributed by atoms with E-state index in [0.29, 0.717) is 6.42 Å². The van der Waals surface area contributed by atoms with E-state index in [1.807, 2.05) is 0 Å². The number of carbonyl (C=O) groups is 2. The monoisotopic (exact) mass is 264 g/mol. The quantitative estimate of drug-likeness (QED) is 0.788. The van der Waals surface area contributed by atoms with E-state index in [4.69, 9.17) is 0 Å². The van der Waals surface area contributed by atoms with Crippen molar-refractivity contribution in [2.24, 2.45) is 5.92 Å². The molecule has 0 amide bonds. The predicted molar refractivity (Wildman–Crippen MR) is 68.1 cm³/mol. The summed E-state index contributed by atoms with van der Waals surface area (Å²) in [5, 5.41) is 0. The third kappa shape index (κ3) is 3.19. The zero-order valence-corrected chi connectivity index (χ0v) is 10.9. The molecule has 2 atom stereocenters. The lowest BCUT2D eigenvalue weighted by atomic mass is 9.73. The van der Waals surface area contributed by atoms with Crippen LogP contribution >= 0.6 is 0 Å². The van der Waals surface area contributed by atoms with Crippen LogP contribution in [0.15, 0.2) is 24.3 Å². The molecule has 1 aliphatic carbocycles. The molecular weight excluding hydrogens is 247 g/mol. The van der Waals surface area contributed by atoms with Crippen molar-refractivity contribution in [3.63, 3.8) is 0 Å². The molecule has 0 N–H and O–H groups in total. The summed E-state index contributed by atoms with van der Waals surface area (Å²) in [5.41, 5.74) is 0.792. The van der Waals surface area contributed by atoms with Gasteiger partial charge in [-0.05, 0) is 36.5 Å². The lowest BCUT2D eigenvalue weighted by molar-refractivity contribution is -0.142. The zero-order valence-electron chi connectivity index (χ0n) is 10.9. The summed E-state index contributed by atoms with van der Waals surface area (Å²) in [5.74, 6) is -0.845. The van der Waals surface area contributed by atoms with Gasteiger partial charge < -0.3 is 4.74 Å². The van der Waals surface area contributed by atoms with E-state index >= 15 is 0 Å². The molecule has 3 nitrogen and oxygen atoms in total. The van der Waals surface area contributed by atoms with Gasteiger partial charge in [-0.1, -0.05) is 12.1 Å². The molecule has 4 heteroatoms. The van der Waals surface area contributed by atoms with Gasteiger partial charge in [-0.2, -0.15) is 0 Å². The van der Waals surface area contributed by atoms with Crippen molar-refractivity contribution < 1.29 is 18.7 Å². The van der Waals surface area contributed by atoms with Gasteiger partial charge in [0.2, 0.25) is 0 Å². The van der Waals surface area contributed by atoms with Crippen LogP contribution in [0.1, 0.15) is 37.2 Å². The number of carbonyl (C=O) groups excluding carboxylic acids is 2. The van der Waals surface area contributed by atoms with Crippen molar-refractivity contribution in [3.8, 4) is 0 Å². The number of hydrogen-bond donors (Lipinski definition) is 0. The first-order valence-electron chi connectivity index (χ1n) is 6.47. The molecule has 0 heterocycles. The van der Waals surface area contributed by atoms with Crippen molar-refractivity contribution >= 4 is 11.8 Å². The fourth-order valence-electron chi connectivity index (χ4n) is 2.77. The fraction of sp³-hybridized carbons (Fsp3) is 0.467. The van der Waals surface area contributed by atoms with Crippen molar-refractivity contribution in [2.75, 3.05) is 7.11 Å². The number of ketones is 1. The number of Topliss-reactive ketones (excluding diaryl/α,β-unsaturated/α-hetero) is 1. The van der Waals surface area contributed by atoms with E-state index in [2.05, 4.69) is 4.74 Å². The molecule has 19 heavy (non-hydrogen) atoms. The second kappa shape index (κ2) is 5.95. The molecule has 0 radical (unpaired) electrons. The van der Waals surface area contributed by atoms with Gasteiger partial charge in [0, 0.05) is 18.8 Å². The molecule has 0 saturated heterocycles. The van der Waals surface area contributed by atoms with Crippen LogP contribution < -0.4 is 0 Å². The number of benzene rings is 1. The highest BCUT2D eigenvalue weighted by atomic mass is 19.1. The number of rotatable bonds is 3. The Labute approximate surface area is 111 Å². The molecule has 0 spiro atoms. The lowest BCUT2D eigenvalue weighted by Gasteiger charge is -2.30. The highest BCUT2D eigenvalue weighted by Crippen LogP contribution is 2.37. The van der Waals surface area contributed by atoms with E-state index in [1.165, 1.54) is 19.2 Å². The van der Waals surface area contributed by atoms with Crippen LogP contribution in [0.3, 0.4) is 0 Å². The van der Waals surface area contributed by atoms with Gasteiger partial charge in [-0.15, -0.1) is 0 Å². The molecule has 0 unspecified atom stereocenters. The van der Waals surface area contributed by atoms with Crippen LogP contribution in [0.2, 0.25) is 0 Å². The molecule has 1 fully saturated rings. The predicted octanol–water partition coefficient (Wildman–Crippen LogP) is 2.84. The minimum atomic E-state index is -0.323. The largest absolute Gasteiger partial charge is 0.469 e. The number of esters is 1. The Morgan fingerprint density at radius 3 is 2.68 bits per heavy atom. The molecule has 1 aromatic carbocycles. The van der Waals surface area contributed by atoms with E-state index in [1.54, 1.807) is 12.1 Å². The summed E-state index contributed by atoms with van der Waals surface area (Å²) in [6, 6.07) is 5.97. The smallest absolute Gasteiger partial charge is 0.305 e. The summed E-state index contributed by atoms with van der Waals surface area (Å²) in [6.45, 7) is 0. The molecule has 1 aliphatic rings. The van der Waals surface area contributed by atoms with Gasteiger partial charge in [0.05, 0.1) is 7.11 Å². The van der Waals surface area contributed by atoms with Crippen molar-refractivity contribution in [1.29, 1.82) is 0 Å². The van der Waals surface area contributed by atoms with Gasteiger partial charge in [0.25, 0.3) is 0 Å². The lowest BCUT2D eigenvalue weighted by Crippen LogP contribution is -2.28. The number of methoxy groups -OCH3 is 1. The standard InChI is InChI=1S/C15H17FO3/c1-19-14(18)9-11-3-2-4-13(17)15(11)10-5-7-12(16)8-6-10/h5-8,11,15H,2-4,9H2,1H3/t11-,15-/m0/s1. The first-order valence-corrected chi connectivity index (χ1v) is 6.47. The fourth-order valence-corrected chi connectivity index (χ4v) is 2.77. The average Bonchev–Trinajstić information content (AvgIpc) is 2.40. The maximum Gasteiger partial charge on any atom is 0.305 e. The number of hydrogen-bond acceptors (Lipinski definition) is 3. The highest BCUT2D eigenvalue weighted by molar-refractivity contribution is 5.87. The first kappa shape index (κ1) is 13.7. The number of halogens is 1. The molecule has 1 saturated carbocycles. The normalized spacial score (nSPS) is 23.2. The Bertz CT molecular complexity index is 467. The van der Waals surface area contributed by atoms with Gasteiger partial charge in [0.1, 0.15) is 11.6 Å². The van der Waals surface area contributed by atoms with Crippen LogP contribution in [0.5, 0.6) is 0 Å². The maximum absolute atomic E-state index is 13.0. The Morgan fingerprint density at radius 2 is 2.05 bits per heavy atom. The SMILES string of the molecule is COC(=O)C[C@@H]1CCCC(=O)[C@H]1c1ccc(F)cc1. The molecule has 0 bridgehead atoms. The molecule has 102 valence electrons. The molecule has 0 aliphatic heterocycles. The van der Waals surface area contributed by atoms with Crippen LogP contribution in [0.4, 0.5) is 4.39 Å². The molecule has 2 rings (SSSR count). The topological polar surface area (TPSA) is 43.4 Å². The number of ether oxygens (including phenoxy) is 1. The minimum absolute atomic E-state index is 0.0424. The summed E-state index contributed by atoms with van der Waals surface area (Å²) in [6.07, 6.45) is 2.39. The summed E-state index contributed by atoms with van der Waals surface area (Å²) in [7, 11) is 1.35. The van der Waals surface area contributed by atoms with Gasteiger partial charge in [-0.3, -0.25) is 9.59 Å². The Hall–Kier alpha value is -1.71. The molecule has 1 aromatic rings. The van der Waals surface area contributed by atoms with Crippen molar-refractivity contribution in [3.05, 3.63) is 35.6 Å². The first-order chi connectivity index (χ1) is 9.11. The van der Waals surface area contributed by atoms with Gasteiger partial charge in [0.15, 0.2) is 0 Å². The van der Waals surface area contributed by atoms with Crippen molar-refractivity contribution in [2.45, 2.75) is 31.6 Å². The van der Waals surface area contributed by atoms with Gasteiger partial charge in [-0.25, -0.2) is 4.39 Å². The van der Waals surface area contributed by atoms with Gasteiger partial charge >= 0.3 is 5.97 Å². The summed E-state index contributed by atoms with van der Waals surface area (Å²) >= 11 is 0. The Morgan fingerprint density at radius 1 is 1.37 bits per heavy atom. The second-order valence-electron chi connectivity index (χ2n) is 4.93. The van der Waals surface area contributed by atoms with E-state index in [0.717, 1.165) is 18.4 Å². The third-order valence-corrected chi connectivity index (χ3v) is 3.70. The Kier molecular flexibility index (Phi) is 4.30. The van der Waals surface area contributed by atoms with Crippen molar-refractivity contribution in [1.82, 2.24) is 0 Å². The highest BCUT2D eigenvalue weighted by Gasteiger charge is 2.34. The Balaban J connectivity index is 2.23. The van der Waals surface area contributed by atoms with Crippen LogP contribution in [-0.2, 0) is 14.3 Å². The van der Waals surface area contributed by atoms with E-state index < -0.39 is 0 Å². The second-order valence-corrected chi connectivity index (χ2v) is 4.93. The van der Waals surface area contributed by atoms with Crippen LogP contribution in [-0.4, -0.2) is 18.9 Å². The average molecular weight is 264 g/mol. The third-order valence-electron chi connectivity index (χ3n) is 3.70. The minimum Gasteiger partial charge on any atom is -0.469 e. The van der Waals surface area contributed by atoms with Crippen LogP contribution in [0.25, 0.3) is 0 Å². The van der Waals surface area contributed by atoms with E-state index in [-0.39, 0.29) is 35.8 Å². The summed E-state index contributed by atoms with van der Waals surface area (Å²) < 4.78 is 17.6. The van der Waals surface area contributed by atoms with Crippen LogP contribution in [0, 0.1) is 11.7 Å². The zero-order chi connectivity index (χ0) is 13.8. The molecular formula is C15H17FO3. The van der Waals surface area contributed by atoms with E-state index in [9.17, 15) is 14.0 Å². The molecule has 0 aromatic heterocycles. The maximum atomic E-state index is 13.0. The summed E-state index contributed by atoms with van der Waals surface area (Å²) in [4.78, 5) is 23.5.